The van der Waals surface area contributed by atoms with Crippen molar-refractivity contribution in [3.8, 4) is 11.5 Å². The number of carbonyl (C=O) groups excluding carboxylic acids is 2. The van der Waals surface area contributed by atoms with Crippen molar-refractivity contribution >= 4 is 46.0 Å². The Bertz CT molecular complexity index is 1720. The normalized spacial score (nSPS) is 21.5. The Morgan fingerprint density at radius 1 is 1.19 bits per heavy atom. The van der Waals surface area contributed by atoms with E-state index in [4.69, 9.17) is 32.2 Å². The van der Waals surface area contributed by atoms with Crippen LogP contribution in [-0.2, 0) is 26.3 Å². The maximum absolute atomic E-state index is 14.5. The van der Waals surface area contributed by atoms with Gasteiger partial charge in [-0.3, -0.25) is 14.3 Å². The molecule has 1 amide bonds. The number of hydrogen-bond donors (Lipinski definition) is 2. The summed E-state index contributed by atoms with van der Waals surface area (Å²) in [6, 6.07) is 11.9. The second kappa shape index (κ2) is 11.6. The number of benzene rings is 2. The van der Waals surface area contributed by atoms with Crippen LogP contribution in [0.25, 0.3) is 22.4 Å². The van der Waals surface area contributed by atoms with Gasteiger partial charge in [0.05, 0.1) is 29.6 Å². The molecule has 3 N–H and O–H groups in total. The van der Waals surface area contributed by atoms with Crippen molar-refractivity contribution in [3.05, 3.63) is 64.4 Å². The van der Waals surface area contributed by atoms with E-state index in [9.17, 15) is 14.0 Å². The first-order valence-corrected chi connectivity index (χ1v) is 15.1. The fourth-order valence-electron chi connectivity index (χ4n) is 6.73. The third kappa shape index (κ3) is 5.33. The number of halogens is 2. The van der Waals surface area contributed by atoms with E-state index >= 15 is 0 Å². The van der Waals surface area contributed by atoms with Gasteiger partial charge in [-0.2, -0.15) is 5.10 Å². The number of aromatic nitrogens is 4. The van der Waals surface area contributed by atoms with Gasteiger partial charge in [-0.15, -0.1) is 0 Å². The molecule has 0 radical (unpaired) electrons. The molecule has 0 saturated heterocycles. The van der Waals surface area contributed by atoms with Gasteiger partial charge in [0, 0.05) is 22.4 Å². The number of nitrogens with one attached hydrogen (secondary N) is 1. The Balaban J connectivity index is 1.29. The molecule has 1 aliphatic heterocycles. The van der Waals surface area contributed by atoms with Crippen LogP contribution >= 0.6 is 11.6 Å². The summed E-state index contributed by atoms with van der Waals surface area (Å²) in [6.45, 7) is 4.31. The molecule has 1 unspecified atom stereocenters. The smallest absolute Gasteiger partial charge is 0.305 e. The molecule has 43 heavy (non-hydrogen) atoms. The molecule has 3 heterocycles. The minimum atomic E-state index is -0.871. The number of esters is 1. The summed E-state index contributed by atoms with van der Waals surface area (Å²) in [5.74, 6) is 0.747. The minimum absolute atomic E-state index is 0.0623. The van der Waals surface area contributed by atoms with E-state index in [1.165, 1.54) is 6.07 Å². The van der Waals surface area contributed by atoms with E-state index in [2.05, 4.69) is 10.3 Å². The topological polar surface area (TPSA) is 125 Å². The number of amides is 1. The van der Waals surface area contributed by atoms with Gasteiger partial charge >= 0.3 is 5.97 Å². The largest absolute Gasteiger partial charge is 0.466 e. The van der Waals surface area contributed by atoms with Crippen LogP contribution in [0, 0.1) is 17.7 Å². The summed E-state index contributed by atoms with van der Waals surface area (Å²) in [4.78, 5) is 34.8. The number of nitrogen functional groups attached to an aromatic ring is 1. The van der Waals surface area contributed by atoms with E-state index in [-0.39, 0.29) is 41.8 Å². The van der Waals surface area contributed by atoms with Gasteiger partial charge in [-0.25, -0.2) is 14.4 Å². The van der Waals surface area contributed by atoms with Gasteiger partial charge in [-0.05, 0) is 69.2 Å². The fraction of sp³-hybridized carbons (Fsp3) is 0.406. The van der Waals surface area contributed by atoms with Crippen LogP contribution in [0.3, 0.4) is 0 Å². The molecule has 0 bridgehead atoms. The Labute approximate surface area is 254 Å². The molecule has 224 valence electrons. The molecule has 1 aliphatic carbocycles. The molecule has 2 aromatic carbocycles. The molecule has 2 aliphatic rings. The van der Waals surface area contributed by atoms with Crippen LogP contribution in [0.5, 0.6) is 0 Å². The van der Waals surface area contributed by atoms with E-state index < -0.39 is 5.41 Å². The van der Waals surface area contributed by atoms with Crippen molar-refractivity contribution in [1.29, 1.82) is 0 Å². The Kier molecular flexibility index (Phi) is 7.81. The number of rotatable bonds is 8. The number of carbonyl (C=O) groups is 2. The summed E-state index contributed by atoms with van der Waals surface area (Å²) in [7, 11) is 0. The van der Waals surface area contributed by atoms with E-state index in [0.717, 1.165) is 37.5 Å². The SMILES string of the molecule is CCOC(=O)CCC1CCC(C2(C)C(=O)Nc3nc(-c4nn(Cc5ccccc5F)c5cc(Cl)ccc45)nc(N)c32)CC1. The summed E-state index contributed by atoms with van der Waals surface area (Å²) in [6.07, 6.45) is 4.74. The predicted molar refractivity (Wildman–Crippen MR) is 163 cm³/mol. The molecule has 9 nitrogen and oxygen atoms in total. The van der Waals surface area contributed by atoms with Gasteiger partial charge < -0.3 is 15.8 Å². The van der Waals surface area contributed by atoms with Crippen LogP contribution in [0.4, 0.5) is 16.0 Å². The number of ether oxygens (including phenoxy) is 1. The zero-order valence-corrected chi connectivity index (χ0v) is 25.0. The van der Waals surface area contributed by atoms with Crippen molar-refractivity contribution in [2.75, 3.05) is 17.7 Å². The molecule has 2 aromatic heterocycles. The average Bonchev–Trinajstić information content (AvgIpc) is 3.47. The lowest BCUT2D eigenvalue weighted by atomic mass is 9.65. The number of fused-ring (bicyclic) bond motifs is 2. The van der Waals surface area contributed by atoms with Gasteiger partial charge in [0.25, 0.3) is 0 Å². The molecule has 6 rings (SSSR count). The van der Waals surface area contributed by atoms with E-state index in [1.54, 1.807) is 35.0 Å². The maximum atomic E-state index is 14.5. The highest BCUT2D eigenvalue weighted by Gasteiger charge is 2.51. The van der Waals surface area contributed by atoms with E-state index in [0.29, 0.717) is 52.1 Å². The molecular weight excluding hydrogens is 571 g/mol. The molecule has 4 aromatic rings. The van der Waals surface area contributed by atoms with Gasteiger partial charge in [0.15, 0.2) is 5.82 Å². The molecule has 1 saturated carbocycles. The molecule has 11 heteroatoms. The van der Waals surface area contributed by atoms with Crippen molar-refractivity contribution in [2.45, 2.75) is 64.3 Å². The summed E-state index contributed by atoms with van der Waals surface area (Å²) < 4.78 is 21.2. The van der Waals surface area contributed by atoms with Crippen LogP contribution in [0.1, 0.15) is 63.5 Å². The minimum Gasteiger partial charge on any atom is -0.466 e. The second-order valence-electron chi connectivity index (χ2n) is 11.6. The fourth-order valence-corrected chi connectivity index (χ4v) is 6.90. The molecule has 0 spiro atoms. The average molecular weight is 605 g/mol. The van der Waals surface area contributed by atoms with Crippen LogP contribution in [0.2, 0.25) is 5.02 Å². The number of nitrogens with zero attached hydrogens (tertiary/aromatic N) is 4. The van der Waals surface area contributed by atoms with Gasteiger partial charge in [0.1, 0.15) is 23.1 Å². The number of hydrogen-bond acceptors (Lipinski definition) is 7. The Hall–Kier alpha value is -4.05. The predicted octanol–water partition coefficient (Wildman–Crippen LogP) is 6.28. The highest BCUT2D eigenvalue weighted by atomic mass is 35.5. The first-order chi connectivity index (χ1) is 20.7. The van der Waals surface area contributed by atoms with Gasteiger partial charge in [-0.1, -0.05) is 42.6 Å². The van der Waals surface area contributed by atoms with Crippen LogP contribution < -0.4 is 11.1 Å². The lowest BCUT2D eigenvalue weighted by Gasteiger charge is -2.38. The Morgan fingerprint density at radius 2 is 1.95 bits per heavy atom. The van der Waals surface area contributed by atoms with Crippen LogP contribution in [0.15, 0.2) is 42.5 Å². The third-order valence-electron chi connectivity index (χ3n) is 9.09. The standard InChI is InChI=1S/C32H34ClFN6O3/c1-3-43-25(41)15-10-18-8-11-20(12-9-18)32(2)26-28(35)36-30(37-29(26)38-31(32)42)27-22-14-13-21(33)16-24(22)40(39-27)17-19-6-4-5-7-23(19)34/h4-7,13-14,16,18,20H,3,8-12,15,17H2,1-2H3,(H3,35,36,37,38,42). The Morgan fingerprint density at radius 3 is 2.70 bits per heavy atom. The number of nitrogens with two attached hydrogens (primary N) is 1. The second-order valence-corrected chi connectivity index (χ2v) is 12.1. The summed E-state index contributed by atoms with van der Waals surface area (Å²) >= 11 is 6.32. The monoisotopic (exact) mass is 604 g/mol. The lowest BCUT2D eigenvalue weighted by molar-refractivity contribution is -0.143. The number of anilines is 2. The van der Waals surface area contributed by atoms with Gasteiger partial charge in [0.2, 0.25) is 5.91 Å². The summed E-state index contributed by atoms with van der Waals surface area (Å²) in [5, 5.41) is 8.99. The molecular formula is C32H34ClFN6O3. The lowest BCUT2D eigenvalue weighted by Crippen LogP contribution is -2.41. The van der Waals surface area contributed by atoms with Crippen molar-refractivity contribution in [1.82, 2.24) is 19.7 Å². The highest BCUT2D eigenvalue weighted by Crippen LogP contribution is 2.50. The quantitative estimate of drug-likeness (QED) is 0.227. The van der Waals surface area contributed by atoms with Crippen molar-refractivity contribution in [3.63, 3.8) is 0 Å². The first-order valence-electron chi connectivity index (χ1n) is 14.7. The maximum Gasteiger partial charge on any atom is 0.305 e. The van der Waals surface area contributed by atoms with Crippen LogP contribution in [-0.4, -0.2) is 38.2 Å². The third-order valence-corrected chi connectivity index (χ3v) is 9.32. The van der Waals surface area contributed by atoms with Crippen molar-refractivity contribution < 1.29 is 18.7 Å². The zero-order chi connectivity index (χ0) is 30.3. The first kappa shape index (κ1) is 29.0. The highest BCUT2D eigenvalue weighted by molar-refractivity contribution is 6.31. The summed E-state index contributed by atoms with van der Waals surface area (Å²) in [5.41, 5.74) is 7.99. The molecule has 1 atom stereocenters. The van der Waals surface area contributed by atoms with Crippen molar-refractivity contribution in [2.24, 2.45) is 11.8 Å². The van der Waals surface area contributed by atoms with E-state index in [1.807, 2.05) is 19.9 Å². The molecule has 1 fully saturated rings. The zero-order valence-electron chi connectivity index (χ0n) is 24.2.